The summed E-state index contributed by atoms with van der Waals surface area (Å²) in [7, 11) is 0. The molecule has 1 atom stereocenters. The van der Waals surface area contributed by atoms with Crippen LogP contribution in [0.4, 0.5) is 62.8 Å². The van der Waals surface area contributed by atoms with Gasteiger partial charge >= 0.3 is 18.1 Å². The lowest BCUT2D eigenvalue weighted by molar-refractivity contribution is -0.236. The van der Waals surface area contributed by atoms with Crippen LogP contribution in [0.25, 0.3) is 18.2 Å². The van der Waals surface area contributed by atoms with Crippen molar-refractivity contribution in [2.75, 3.05) is 24.6 Å². The quantitative estimate of drug-likeness (QED) is 0.0174. The second-order valence-electron chi connectivity index (χ2n) is 21.2. The second-order valence-corrected chi connectivity index (χ2v) is 22.3. The number of ether oxygens (including phenoxy) is 7. The van der Waals surface area contributed by atoms with Crippen molar-refractivity contribution in [1.29, 1.82) is 15.8 Å². The highest BCUT2D eigenvalue weighted by atomic mass is 32.1. The van der Waals surface area contributed by atoms with Crippen LogP contribution in [0, 0.1) is 92.2 Å². The zero-order chi connectivity index (χ0) is 70.6. The lowest BCUT2D eigenvalue weighted by Crippen LogP contribution is -2.43. The van der Waals surface area contributed by atoms with E-state index in [9.17, 15) is 82.5 Å². The van der Waals surface area contributed by atoms with E-state index >= 15 is 0 Å². The Balaban J connectivity index is 0.973. The number of anilines is 1. The fraction of sp³-hybridized carbons (Fsp3) is 0.169. The SMILES string of the molecule is CCN(CCOC(=O)c1cc(OCc2ccccc2)cc(OCc2ccccc2)c1)c1ccc(/C=C/c2sc(/C=C/C3=C(C#N)C(=C(C#N)C#N)OC3(C)C(F)(F)F)cc2COC(=O)c2cc(OCc3c(F)c(F)c(F)c(F)c3F)cc(OCc3c(F)c(F)c(F)c(F)c3F)c2)cc1. The lowest BCUT2D eigenvalue weighted by atomic mass is 9.92. The minimum atomic E-state index is -5.23. The molecule has 27 heteroatoms. The average Bonchev–Trinajstić information content (AvgIpc) is 1.59. The lowest BCUT2D eigenvalue weighted by Gasteiger charge is -2.28. The van der Waals surface area contributed by atoms with Crippen LogP contribution in [-0.4, -0.2) is 43.4 Å². The first kappa shape index (κ1) is 70.8. The number of hydrogen-bond donors (Lipinski definition) is 0. The van der Waals surface area contributed by atoms with Gasteiger partial charge in [0.15, 0.2) is 57.9 Å². The Kier molecular flexibility index (Phi) is 22.3. The van der Waals surface area contributed by atoms with Crippen LogP contribution < -0.4 is 23.8 Å². The number of thiophene rings is 1. The van der Waals surface area contributed by atoms with Gasteiger partial charge in [0.1, 0.15) is 86.4 Å². The molecule has 2 heterocycles. The molecular formula is C71H47F13N4O9S. The first-order valence-corrected chi connectivity index (χ1v) is 29.7. The van der Waals surface area contributed by atoms with Crippen LogP contribution in [-0.2, 0) is 47.2 Å². The monoisotopic (exact) mass is 1380 g/mol. The van der Waals surface area contributed by atoms with E-state index in [1.165, 1.54) is 24.3 Å². The Hall–Kier alpha value is -11.5. The Labute approximate surface area is 553 Å². The third kappa shape index (κ3) is 16.1. The van der Waals surface area contributed by atoms with E-state index < -0.39 is 152 Å². The summed E-state index contributed by atoms with van der Waals surface area (Å²) in [6.45, 7) is -0.0577. The van der Waals surface area contributed by atoms with Gasteiger partial charge in [0.05, 0.1) is 28.8 Å². The predicted octanol–water partition coefficient (Wildman–Crippen LogP) is 17.2. The van der Waals surface area contributed by atoms with Gasteiger partial charge in [-0.2, -0.15) is 29.0 Å². The van der Waals surface area contributed by atoms with Gasteiger partial charge < -0.3 is 38.1 Å². The number of esters is 2. The summed E-state index contributed by atoms with van der Waals surface area (Å²) in [6.07, 6.45) is -0.0857. The van der Waals surface area contributed by atoms with Gasteiger partial charge in [0.25, 0.3) is 0 Å². The molecule has 0 radical (unpaired) electrons. The van der Waals surface area contributed by atoms with E-state index in [1.807, 2.05) is 72.5 Å². The number of benzene rings is 7. The Morgan fingerprint density at radius 1 is 0.551 bits per heavy atom. The van der Waals surface area contributed by atoms with Crippen LogP contribution in [0.5, 0.6) is 23.0 Å². The molecule has 1 aliphatic heterocycles. The molecule has 0 saturated carbocycles. The van der Waals surface area contributed by atoms with Crippen LogP contribution in [0.2, 0.25) is 0 Å². The van der Waals surface area contributed by atoms with Crippen LogP contribution >= 0.6 is 11.3 Å². The fourth-order valence-electron chi connectivity index (χ4n) is 9.56. The summed E-state index contributed by atoms with van der Waals surface area (Å²) in [5.74, 6) is -27.2. The topological polar surface area (TPSA) is 173 Å². The van der Waals surface area contributed by atoms with Crippen molar-refractivity contribution in [3.8, 4) is 41.2 Å². The minimum Gasteiger partial charge on any atom is -0.489 e. The van der Waals surface area contributed by atoms with Crippen molar-refractivity contribution in [2.24, 2.45) is 0 Å². The zero-order valence-corrected chi connectivity index (χ0v) is 51.7. The van der Waals surface area contributed by atoms with Gasteiger partial charge in [-0.05, 0) is 85.2 Å². The van der Waals surface area contributed by atoms with Crippen molar-refractivity contribution in [1.82, 2.24) is 0 Å². The van der Waals surface area contributed by atoms with E-state index in [2.05, 4.69) is 0 Å². The number of nitriles is 3. The number of likely N-dealkylation sites (N-methyl/N-ethyl adjacent to an activating group) is 1. The normalized spacial score (nSPS) is 13.6. The van der Waals surface area contributed by atoms with Crippen molar-refractivity contribution in [2.45, 2.75) is 58.7 Å². The van der Waals surface area contributed by atoms with E-state index in [4.69, 9.17) is 33.2 Å². The second kappa shape index (κ2) is 30.9. The predicted molar refractivity (Wildman–Crippen MR) is 328 cm³/mol. The summed E-state index contributed by atoms with van der Waals surface area (Å²) in [5.41, 5.74) is -6.06. The maximum absolute atomic E-state index is 14.8. The number of carbonyl (C=O) groups excluding carboxylic acids is 2. The Bertz CT molecular complexity index is 4390. The smallest absolute Gasteiger partial charge is 0.432 e. The molecule has 9 rings (SSSR count). The van der Waals surface area contributed by atoms with Gasteiger partial charge in [0.2, 0.25) is 17.2 Å². The molecule has 1 unspecified atom stereocenters. The molecule has 13 nitrogen and oxygen atoms in total. The number of rotatable bonds is 25. The summed E-state index contributed by atoms with van der Waals surface area (Å²) in [6, 6.07) is 38.6. The van der Waals surface area contributed by atoms with Gasteiger partial charge in [0, 0.05) is 45.3 Å². The largest absolute Gasteiger partial charge is 0.489 e. The molecule has 1 aliphatic rings. The molecule has 1 aromatic heterocycles. The molecule has 0 bridgehead atoms. The molecule has 0 saturated heterocycles. The van der Waals surface area contributed by atoms with Crippen LogP contribution in [0.3, 0.4) is 0 Å². The van der Waals surface area contributed by atoms with E-state index in [-0.39, 0.29) is 47.2 Å². The molecule has 502 valence electrons. The van der Waals surface area contributed by atoms with E-state index in [0.717, 1.165) is 52.8 Å². The maximum atomic E-state index is 14.8. The highest BCUT2D eigenvalue weighted by molar-refractivity contribution is 7.14. The molecule has 7 aromatic carbocycles. The Morgan fingerprint density at radius 3 is 1.44 bits per heavy atom. The minimum absolute atomic E-state index is 0.0499. The summed E-state index contributed by atoms with van der Waals surface area (Å²) in [4.78, 5) is 29.9. The molecule has 98 heavy (non-hydrogen) atoms. The molecule has 0 spiro atoms. The third-order valence-corrected chi connectivity index (χ3v) is 15.9. The highest BCUT2D eigenvalue weighted by Crippen LogP contribution is 2.50. The number of alkyl halides is 3. The standard InChI is InChI=1S/C71H47F13N4O9S/c1-3-88(22-23-91-68(89)42-24-47(92-34-40-10-6-4-7-11-40)29-48(25-42)93-35-41-12-8-5-9-13-41)46-17-14-39(15-18-46)16-21-56-44(28-51(98-56)19-20-55-52(33-87)67(45(31-85)32-86)97-70(55,2)71(82,83)84)36-96-69(90)43-26-49(94-37-53-57(72)61(76)65(80)62(77)58(53)73)30-50(27-43)95-38-54-59(74)63(78)66(81)64(79)60(54)75/h4-21,24-30H,3,22-23,34-38H2,1-2H3/b20-19+,21-16+. The summed E-state index contributed by atoms with van der Waals surface area (Å²) < 4.78 is 227. The first-order valence-electron chi connectivity index (χ1n) is 28.9. The fourth-order valence-corrected chi connectivity index (χ4v) is 10.5. The van der Waals surface area contributed by atoms with Gasteiger partial charge in [-0.3, -0.25) is 0 Å². The molecule has 0 amide bonds. The first-order chi connectivity index (χ1) is 46.9. The van der Waals surface area contributed by atoms with Gasteiger partial charge in [-0.25, -0.2) is 53.5 Å². The van der Waals surface area contributed by atoms with Crippen molar-refractivity contribution in [3.63, 3.8) is 0 Å². The number of nitrogens with zero attached hydrogens (tertiary/aromatic N) is 4. The summed E-state index contributed by atoms with van der Waals surface area (Å²) >= 11 is 0.903. The maximum Gasteiger partial charge on any atom is 0.432 e. The molecule has 0 aliphatic carbocycles. The van der Waals surface area contributed by atoms with Crippen LogP contribution in [0.15, 0.2) is 156 Å². The van der Waals surface area contributed by atoms with E-state index in [0.29, 0.717) is 36.2 Å². The van der Waals surface area contributed by atoms with Crippen molar-refractivity contribution in [3.05, 3.63) is 268 Å². The molecule has 0 fully saturated rings. The molecular weight excluding hydrogens is 1330 g/mol. The third-order valence-electron chi connectivity index (χ3n) is 14.8. The molecule has 0 N–H and O–H groups in total. The van der Waals surface area contributed by atoms with Crippen LogP contribution in [0.1, 0.15) is 77.7 Å². The number of allylic oxidation sites excluding steroid dienone is 2. The molecule has 8 aromatic rings. The number of halogens is 13. The van der Waals surface area contributed by atoms with E-state index in [1.54, 1.807) is 54.6 Å². The highest BCUT2D eigenvalue weighted by Gasteiger charge is 2.61. The van der Waals surface area contributed by atoms with Gasteiger partial charge in [-0.15, -0.1) is 11.3 Å². The summed E-state index contributed by atoms with van der Waals surface area (Å²) in [5, 5.41) is 29.1. The van der Waals surface area contributed by atoms with Crippen molar-refractivity contribution >= 4 is 47.2 Å². The van der Waals surface area contributed by atoms with Crippen molar-refractivity contribution < 1.29 is 99.8 Å². The zero-order valence-electron chi connectivity index (χ0n) is 50.9. The number of carbonyl (C=O) groups is 2. The average molecular weight is 1380 g/mol. The Morgan fingerprint density at radius 2 is 1.00 bits per heavy atom. The number of hydrogen-bond acceptors (Lipinski definition) is 14. The van der Waals surface area contributed by atoms with Gasteiger partial charge in [-0.1, -0.05) is 84.9 Å².